The van der Waals surface area contributed by atoms with Gasteiger partial charge in [0.2, 0.25) is 0 Å². The highest BCUT2D eigenvalue weighted by molar-refractivity contribution is 5.83. The number of benzene rings is 1. The number of carbonyl (C=O) groups excluding carboxylic acids is 1. The van der Waals surface area contributed by atoms with Gasteiger partial charge in [-0.2, -0.15) is 0 Å². The quantitative estimate of drug-likeness (QED) is 0.802. The number of methoxy groups -OCH3 is 1. The Bertz CT molecular complexity index is 467. The van der Waals surface area contributed by atoms with Gasteiger partial charge in [-0.3, -0.25) is 4.79 Å². The SMILES string of the molecule is COc1ccc(C)cc1N1C2CCC1CC(=O)C2. The van der Waals surface area contributed by atoms with Crippen molar-refractivity contribution in [3.8, 4) is 5.75 Å². The third-order valence-electron chi connectivity index (χ3n) is 4.16. The van der Waals surface area contributed by atoms with E-state index in [4.69, 9.17) is 4.74 Å². The van der Waals surface area contributed by atoms with Gasteiger partial charge >= 0.3 is 0 Å². The largest absolute Gasteiger partial charge is 0.495 e. The molecule has 96 valence electrons. The van der Waals surface area contributed by atoms with Crippen LogP contribution in [0.4, 0.5) is 5.69 Å². The molecular weight excluding hydrogens is 226 g/mol. The van der Waals surface area contributed by atoms with Crippen LogP contribution in [0, 0.1) is 6.92 Å². The minimum atomic E-state index is 0.381. The van der Waals surface area contributed by atoms with Crippen molar-refractivity contribution in [1.82, 2.24) is 0 Å². The van der Waals surface area contributed by atoms with Gasteiger partial charge in [-0.1, -0.05) is 6.07 Å². The second-order valence-electron chi connectivity index (χ2n) is 5.41. The summed E-state index contributed by atoms with van der Waals surface area (Å²) < 4.78 is 5.48. The molecule has 2 saturated heterocycles. The van der Waals surface area contributed by atoms with Crippen LogP contribution in [0.1, 0.15) is 31.2 Å². The zero-order chi connectivity index (χ0) is 12.7. The summed E-state index contributed by atoms with van der Waals surface area (Å²) in [6.07, 6.45) is 3.67. The molecule has 0 aliphatic carbocycles. The van der Waals surface area contributed by atoms with Crippen molar-refractivity contribution < 1.29 is 9.53 Å². The van der Waals surface area contributed by atoms with E-state index in [9.17, 15) is 4.79 Å². The maximum atomic E-state index is 11.7. The maximum absolute atomic E-state index is 11.7. The van der Waals surface area contributed by atoms with Crippen molar-refractivity contribution in [3.63, 3.8) is 0 Å². The number of ketones is 1. The summed E-state index contributed by atoms with van der Waals surface area (Å²) in [4.78, 5) is 14.1. The molecular formula is C15H19NO2. The van der Waals surface area contributed by atoms with E-state index in [1.165, 1.54) is 5.56 Å². The van der Waals surface area contributed by atoms with Gasteiger partial charge < -0.3 is 9.64 Å². The Balaban J connectivity index is 2.00. The molecule has 18 heavy (non-hydrogen) atoms. The molecule has 0 aromatic heterocycles. The molecule has 0 radical (unpaired) electrons. The molecule has 2 unspecified atom stereocenters. The Kier molecular flexibility index (Phi) is 2.77. The first-order chi connectivity index (χ1) is 8.69. The van der Waals surface area contributed by atoms with Crippen LogP contribution in [0.5, 0.6) is 5.75 Å². The third-order valence-corrected chi connectivity index (χ3v) is 4.16. The van der Waals surface area contributed by atoms with Crippen LogP contribution < -0.4 is 9.64 Å². The highest BCUT2D eigenvalue weighted by Gasteiger charge is 2.41. The summed E-state index contributed by atoms with van der Waals surface area (Å²) >= 11 is 0. The van der Waals surface area contributed by atoms with E-state index < -0.39 is 0 Å². The lowest BCUT2D eigenvalue weighted by Crippen LogP contribution is -2.43. The lowest BCUT2D eigenvalue weighted by atomic mass is 10.00. The van der Waals surface area contributed by atoms with Gasteiger partial charge in [0.25, 0.3) is 0 Å². The normalized spacial score (nSPS) is 26.6. The number of hydrogen-bond acceptors (Lipinski definition) is 3. The third kappa shape index (κ3) is 1.78. The van der Waals surface area contributed by atoms with E-state index in [0.717, 1.165) is 24.3 Å². The van der Waals surface area contributed by atoms with Crippen molar-refractivity contribution in [2.75, 3.05) is 12.0 Å². The van der Waals surface area contributed by atoms with Crippen LogP contribution in [0.2, 0.25) is 0 Å². The molecule has 0 N–H and O–H groups in total. The van der Waals surface area contributed by atoms with Gasteiger partial charge in [0.15, 0.2) is 0 Å². The van der Waals surface area contributed by atoms with Crippen LogP contribution in [0.25, 0.3) is 0 Å². The summed E-state index contributed by atoms with van der Waals surface area (Å²) in [5.74, 6) is 1.34. The van der Waals surface area contributed by atoms with E-state index in [-0.39, 0.29) is 0 Å². The van der Waals surface area contributed by atoms with Crippen LogP contribution in [0.3, 0.4) is 0 Å². The highest BCUT2D eigenvalue weighted by atomic mass is 16.5. The van der Waals surface area contributed by atoms with E-state index in [1.54, 1.807) is 7.11 Å². The van der Waals surface area contributed by atoms with Gasteiger partial charge in [0, 0.05) is 24.9 Å². The van der Waals surface area contributed by atoms with Crippen LogP contribution in [0.15, 0.2) is 18.2 Å². The summed E-state index contributed by atoms with van der Waals surface area (Å²) in [5, 5.41) is 0. The first-order valence-electron chi connectivity index (χ1n) is 6.63. The summed E-state index contributed by atoms with van der Waals surface area (Å²) in [6, 6.07) is 7.04. The number of anilines is 1. The maximum Gasteiger partial charge on any atom is 0.142 e. The van der Waals surface area contributed by atoms with E-state index in [0.29, 0.717) is 30.7 Å². The molecule has 0 amide bonds. The second-order valence-corrected chi connectivity index (χ2v) is 5.41. The van der Waals surface area contributed by atoms with Crippen molar-refractivity contribution in [2.24, 2.45) is 0 Å². The van der Waals surface area contributed by atoms with Gasteiger partial charge in [0.05, 0.1) is 12.8 Å². The van der Waals surface area contributed by atoms with Crippen molar-refractivity contribution in [3.05, 3.63) is 23.8 Å². The topological polar surface area (TPSA) is 29.5 Å². The molecule has 0 saturated carbocycles. The first-order valence-corrected chi connectivity index (χ1v) is 6.63. The monoisotopic (exact) mass is 245 g/mol. The molecule has 0 spiro atoms. The molecule has 3 heteroatoms. The zero-order valence-corrected chi connectivity index (χ0v) is 11.0. The molecule has 3 rings (SSSR count). The first kappa shape index (κ1) is 11.6. The lowest BCUT2D eigenvalue weighted by Gasteiger charge is -2.37. The second kappa shape index (κ2) is 4.30. The number of ether oxygens (including phenoxy) is 1. The molecule has 1 aromatic carbocycles. The molecule has 2 aliphatic heterocycles. The standard InChI is InChI=1S/C15H19NO2/c1-10-3-6-15(18-2)14(7-10)16-11-4-5-12(16)9-13(17)8-11/h3,6-7,11-12H,4-5,8-9H2,1-2H3. The van der Waals surface area contributed by atoms with Crippen molar-refractivity contribution in [1.29, 1.82) is 0 Å². The molecule has 2 aliphatic rings. The fraction of sp³-hybridized carbons (Fsp3) is 0.533. The summed E-state index contributed by atoms with van der Waals surface area (Å²) in [6.45, 7) is 2.10. The lowest BCUT2D eigenvalue weighted by molar-refractivity contribution is -0.120. The van der Waals surface area contributed by atoms with Gasteiger partial charge in [-0.15, -0.1) is 0 Å². The summed E-state index contributed by atoms with van der Waals surface area (Å²) in [5.41, 5.74) is 2.40. The molecule has 1 aromatic rings. The Hall–Kier alpha value is -1.51. The molecule has 2 heterocycles. The number of Topliss-reactive ketones (excluding diaryl/α,β-unsaturated/α-hetero) is 1. The predicted octanol–water partition coefficient (Wildman–Crippen LogP) is 2.70. The smallest absolute Gasteiger partial charge is 0.142 e. The number of nitrogens with zero attached hydrogens (tertiary/aromatic N) is 1. The minimum absolute atomic E-state index is 0.381. The number of piperidine rings is 1. The van der Waals surface area contributed by atoms with E-state index >= 15 is 0 Å². The van der Waals surface area contributed by atoms with Crippen LogP contribution >= 0.6 is 0 Å². The van der Waals surface area contributed by atoms with Crippen molar-refractivity contribution in [2.45, 2.75) is 44.7 Å². The number of hydrogen-bond donors (Lipinski definition) is 0. The number of fused-ring (bicyclic) bond motifs is 2. The Morgan fingerprint density at radius 3 is 2.50 bits per heavy atom. The average molecular weight is 245 g/mol. The Morgan fingerprint density at radius 2 is 1.89 bits per heavy atom. The van der Waals surface area contributed by atoms with Crippen molar-refractivity contribution >= 4 is 11.5 Å². The Morgan fingerprint density at radius 1 is 1.22 bits per heavy atom. The van der Waals surface area contributed by atoms with Gasteiger partial charge in [-0.25, -0.2) is 0 Å². The molecule has 3 nitrogen and oxygen atoms in total. The van der Waals surface area contributed by atoms with Gasteiger partial charge in [-0.05, 0) is 37.5 Å². The van der Waals surface area contributed by atoms with Crippen LogP contribution in [-0.2, 0) is 4.79 Å². The van der Waals surface area contributed by atoms with E-state index in [1.807, 2.05) is 6.07 Å². The number of carbonyl (C=O) groups is 1. The highest BCUT2D eigenvalue weighted by Crippen LogP contribution is 2.42. The summed E-state index contributed by atoms with van der Waals surface area (Å²) in [7, 11) is 1.71. The fourth-order valence-electron chi connectivity index (χ4n) is 3.37. The number of aryl methyl sites for hydroxylation is 1. The van der Waals surface area contributed by atoms with Crippen LogP contribution in [-0.4, -0.2) is 25.0 Å². The molecule has 2 fully saturated rings. The fourth-order valence-corrected chi connectivity index (χ4v) is 3.37. The number of rotatable bonds is 2. The molecule has 2 atom stereocenters. The van der Waals surface area contributed by atoms with Gasteiger partial charge in [0.1, 0.15) is 11.5 Å². The average Bonchev–Trinajstić information content (AvgIpc) is 2.61. The minimum Gasteiger partial charge on any atom is -0.495 e. The Labute approximate surface area is 108 Å². The zero-order valence-electron chi connectivity index (χ0n) is 11.0. The predicted molar refractivity (Wildman–Crippen MR) is 71.3 cm³/mol. The van der Waals surface area contributed by atoms with E-state index in [2.05, 4.69) is 24.0 Å². The molecule has 2 bridgehead atoms.